The van der Waals surface area contributed by atoms with Gasteiger partial charge >= 0.3 is 0 Å². The van der Waals surface area contributed by atoms with E-state index < -0.39 is 24.2 Å². The summed E-state index contributed by atoms with van der Waals surface area (Å²) in [6.45, 7) is 0.501. The molecule has 1 aliphatic heterocycles. The Morgan fingerprint density at radius 2 is 1.68 bits per heavy atom. The van der Waals surface area contributed by atoms with Gasteiger partial charge in [0.2, 0.25) is 5.79 Å². The number of ether oxygens (including phenoxy) is 3. The van der Waals surface area contributed by atoms with Crippen molar-refractivity contribution in [3.63, 3.8) is 0 Å². The molecule has 4 aromatic rings. The maximum absolute atomic E-state index is 15.9. The quantitative estimate of drug-likeness (QED) is 0.413. The molecule has 8 nitrogen and oxygen atoms in total. The van der Waals surface area contributed by atoms with E-state index in [-0.39, 0.29) is 24.7 Å². The van der Waals surface area contributed by atoms with Crippen LogP contribution in [0.15, 0.2) is 79.1 Å². The number of hydrogen-bond acceptors (Lipinski definition) is 7. The van der Waals surface area contributed by atoms with Crippen molar-refractivity contribution in [1.82, 2.24) is 14.6 Å². The molecule has 1 unspecified atom stereocenters. The van der Waals surface area contributed by atoms with E-state index in [1.165, 1.54) is 16.9 Å². The lowest BCUT2D eigenvalue weighted by Crippen LogP contribution is -2.40. The third-order valence-corrected chi connectivity index (χ3v) is 5.89. The molecular formula is C25H25FN4O4. The Morgan fingerprint density at radius 3 is 2.38 bits per heavy atom. The molecule has 9 heteroatoms. The zero-order valence-electron chi connectivity index (χ0n) is 18.3. The van der Waals surface area contributed by atoms with Crippen molar-refractivity contribution in [2.24, 2.45) is 0 Å². The maximum Gasteiger partial charge on any atom is 0.245 e. The minimum absolute atomic E-state index is 0.0253. The zero-order valence-corrected chi connectivity index (χ0v) is 18.3. The number of benzene rings is 2. The summed E-state index contributed by atoms with van der Waals surface area (Å²) >= 11 is 0. The van der Waals surface area contributed by atoms with Crippen LogP contribution in [0.2, 0.25) is 0 Å². The highest BCUT2D eigenvalue weighted by atomic mass is 19.1. The number of nitrogens with two attached hydrogens (primary N) is 1. The molecule has 3 heterocycles. The second-order valence-electron chi connectivity index (χ2n) is 8.18. The number of alkyl halides is 1. The van der Waals surface area contributed by atoms with Gasteiger partial charge in [0.1, 0.15) is 29.7 Å². The number of aliphatic hydroxyl groups is 1. The van der Waals surface area contributed by atoms with Crippen molar-refractivity contribution in [2.45, 2.75) is 37.4 Å². The highest BCUT2D eigenvalue weighted by Gasteiger charge is 2.58. The summed E-state index contributed by atoms with van der Waals surface area (Å²) in [6, 6.07) is 22.2. The Hall–Kier alpha value is -3.37. The smallest absolute Gasteiger partial charge is 0.245 e. The van der Waals surface area contributed by atoms with Gasteiger partial charge in [-0.15, -0.1) is 0 Å². The molecule has 2 aromatic carbocycles. The van der Waals surface area contributed by atoms with Gasteiger partial charge in [-0.25, -0.2) is 13.9 Å². The third-order valence-electron chi connectivity index (χ3n) is 5.89. The largest absolute Gasteiger partial charge is 0.382 e. The normalized spacial score (nSPS) is 24.6. The first kappa shape index (κ1) is 22.4. The van der Waals surface area contributed by atoms with Crippen molar-refractivity contribution in [3.05, 3.63) is 95.9 Å². The van der Waals surface area contributed by atoms with Crippen molar-refractivity contribution < 1.29 is 23.7 Å². The van der Waals surface area contributed by atoms with Gasteiger partial charge in [0.05, 0.1) is 19.8 Å². The molecule has 5 rings (SSSR count). The second kappa shape index (κ2) is 9.47. The molecule has 3 N–H and O–H groups in total. The van der Waals surface area contributed by atoms with Crippen molar-refractivity contribution in [3.8, 4) is 0 Å². The number of anilines is 1. The Labute approximate surface area is 195 Å². The van der Waals surface area contributed by atoms with Crippen LogP contribution in [0.5, 0.6) is 0 Å². The van der Waals surface area contributed by atoms with Gasteiger partial charge in [0.25, 0.3) is 0 Å². The van der Waals surface area contributed by atoms with Crippen molar-refractivity contribution >= 4 is 11.3 Å². The Balaban J connectivity index is 1.39. The van der Waals surface area contributed by atoms with Crippen LogP contribution in [0, 0.1) is 0 Å². The van der Waals surface area contributed by atoms with Gasteiger partial charge in [0, 0.05) is 0 Å². The van der Waals surface area contributed by atoms with Gasteiger partial charge in [-0.2, -0.15) is 5.10 Å². The predicted octanol–water partition coefficient (Wildman–Crippen LogP) is 3.00. The molecule has 1 aliphatic rings. The van der Waals surface area contributed by atoms with Crippen molar-refractivity contribution in [2.75, 3.05) is 12.3 Å². The van der Waals surface area contributed by atoms with E-state index in [2.05, 4.69) is 10.1 Å². The molecule has 0 saturated carbocycles. The average molecular weight is 464 g/mol. The summed E-state index contributed by atoms with van der Waals surface area (Å²) in [5.74, 6) is -2.10. The van der Waals surface area contributed by atoms with Crippen LogP contribution in [0.25, 0.3) is 5.52 Å². The monoisotopic (exact) mass is 464 g/mol. The Kier molecular flexibility index (Phi) is 6.25. The molecule has 34 heavy (non-hydrogen) atoms. The third kappa shape index (κ3) is 4.26. The number of halogens is 1. The van der Waals surface area contributed by atoms with Gasteiger partial charge in [-0.1, -0.05) is 60.7 Å². The predicted molar refractivity (Wildman–Crippen MR) is 122 cm³/mol. The molecule has 4 atom stereocenters. The Bertz CT molecular complexity index is 1240. The summed E-state index contributed by atoms with van der Waals surface area (Å²) in [6.07, 6.45) is -2.61. The first-order valence-electron chi connectivity index (χ1n) is 11.0. The van der Waals surface area contributed by atoms with Crippen LogP contribution in [-0.4, -0.2) is 44.7 Å². The number of nitrogen functional groups attached to an aromatic ring is 1. The van der Waals surface area contributed by atoms with E-state index in [1.807, 2.05) is 60.7 Å². The highest BCUT2D eigenvalue weighted by Crippen LogP contribution is 2.42. The van der Waals surface area contributed by atoms with E-state index in [1.54, 1.807) is 6.07 Å². The van der Waals surface area contributed by atoms with Gasteiger partial charge in [-0.05, 0) is 23.3 Å². The van der Waals surface area contributed by atoms with E-state index in [4.69, 9.17) is 19.9 Å². The topological polar surface area (TPSA) is 104 Å². The lowest BCUT2D eigenvalue weighted by molar-refractivity contribution is -0.232. The molecule has 0 radical (unpaired) electrons. The SMILES string of the molecule is Nc1ncnn2c(C3(O)O[C@H](COCc4ccccc4)[C@@H](OCc4ccccc4)[C@H]3F)ccc12. The molecule has 0 aliphatic carbocycles. The van der Waals surface area contributed by atoms with Crippen LogP contribution in [0.1, 0.15) is 16.8 Å². The lowest BCUT2D eigenvalue weighted by Gasteiger charge is -2.24. The van der Waals surface area contributed by atoms with Crippen LogP contribution in [-0.2, 0) is 33.2 Å². The van der Waals surface area contributed by atoms with E-state index >= 15 is 4.39 Å². The summed E-state index contributed by atoms with van der Waals surface area (Å²) in [5.41, 5.74) is 8.29. The minimum atomic E-state index is -2.31. The molecule has 176 valence electrons. The average Bonchev–Trinajstić information content (AvgIpc) is 3.40. The summed E-state index contributed by atoms with van der Waals surface area (Å²) < 4.78 is 34.9. The molecule has 1 fully saturated rings. The van der Waals surface area contributed by atoms with Crippen LogP contribution >= 0.6 is 0 Å². The number of rotatable bonds is 8. The second-order valence-corrected chi connectivity index (χ2v) is 8.18. The first-order valence-corrected chi connectivity index (χ1v) is 11.0. The van der Waals surface area contributed by atoms with Crippen LogP contribution in [0.4, 0.5) is 10.2 Å². The minimum Gasteiger partial charge on any atom is -0.382 e. The molecule has 0 spiro atoms. The molecule has 0 amide bonds. The lowest BCUT2D eigenvalue weighted by atomic mass is 10.0. The fraction of sp³-hybridized carbons (Fsp3) is 0.280. The van der Waals surface area contributed by atoms with Crippen LogP contribution in [0.3, 0.4) is 0 Å². The number of aromatic nitrogens is 3. The Morgan fingerprint density at radius 1 is 1.00 bits per heavy atom. The summed E-state index contributed by atoms with van der Waals surface area (Å²) in [7, 11) is 0. The summed E-state index contributed by atoms with van der Waals surface area (Å²) in [5, 5.41) is 15.5. The number of hydrogen-bond donors (Lipinski definition) is 2. The van der Waals surface area contributed by atoms with E-state index in [0.29, 0.717) is 12.1 Å². The molecule has 2 aromatic heterocycles. The van der Waals surface area contributed by atoms with Gasteiger partial charge < -0.3 is 25.1 Å². The molecule has 0 bridgehead atoms. The molecule has 1 saturated heterocycles. The van der Waals surface area contributed by atoms with Crippen molar-refractivity contribution in [1.29, 1.82) is 0 Å². The first-order chi connectivity index (χ1) is 16.6. The summed E-state index contributed by atoms with van der Waals surface area (Å²) in [4.78, 5) is 3.94. The fourth-order valence-electron chi connectivity index (χ4n) is 4.15. The zero-order chi connectivity index (χ0) is 23.5. The van der Waals surface area contributed by atoms with E-state index in [9.17, 15) is 5.11 Å². The number of nitrogens with zero attached hydrogens (tertiary/aromatic N) is 3. The fourth-order valence-corrected chi connectivity index (χ4v) is 4.15. The maximum atomic E-state index is 15.9. The number of fused-ring (bicyclic) bond motifs is 1. The van der Waals surface area contributed by atoms with Gasteiger partial charge in [-0.3, -0.25) is 0 Å². The molecular weight excluding hydrogens is 439 g/mol. The van der Waals surface area contributed by atoms with Gasteiger partial charge in [0.15, 0.2) is 12.0 Å². The van der Waals surface area contributed by atoms with Crippen LogP contribution < -0.4 is 5.73 Å². The van der Waals surface area contributed by atoms with E-state index in [0.717, 1.165) is 11.1 Å². The highest BCUT2D eigenvalue weighted by molar-refractivity contribution is 5.65. The standard InChI is InChI=1S/C25H25FN4O4/c26-23-22(33-14-18-9-5-2-6-10-18)20(15-32-13-17-7-3-1-4-8-17)34-25(23,31)21-12-11-19-24(27)28-16-29-30(19)21/h1-12,16,20,22-23,31H,13-15H2,(H2,27,28,29)/t20-,22-,23-,25?/m1/s1.